The van der Waals surface area contributed by atoms with Crippen molar-refractivity contribution < 1.29 is 24.3 Å². The lowest BCUT2D eigenvalue weighted by Crippen LogP contribution is -2.50. The molecule has 3 heterocycles. The Labute approximate surface area is 246 Å². The first-order valence-corrected chi connectivity index (χ1v) is 15.2. The van der Waals surface area contributed by atoms with E-state index in [1.165, 1.54) is 17.4 Å². The minimum absolute atomic E-state index is 0.0771. The molecular formula is C28H32Cl2N4O5S. The van der Waals surface area contributed by atoms with Crippen LogP contribution in [-0.2, 0) is 19.2 Å². The molecule has 1 aliphatic carbocycles. The Hall–Kier alpha value is -2.66. The Balaban J connectivity index is 1.14. The average molecular weight is 608 g/mol. The van der Waals surface area contributed by atoms with E-state index in [-0.39, 0.29) is 36.0 Å². The van der Waals surface area contributed by atoms with Gasteiger partial charge in [0.1, 0.15) is 0 Å². The van der Waals surface area contributed by atoms with Crippen molar-refractivity contribution in [2.24, 2.45) is 11.8 Å². The monoisotopic (exact) mass is 606 g/mol. The Morgan fingerprint density at radius 3 is 2.48 bits per heavy atom. The number of hydrogen-bond donors (Lipinski definition) is 4. The van der Waals surface area contributed by atoms with E-state index in [1.807, 2.05) is 17.5 Å². The van der Waals surface area contributed by atoms with E-state index in [4.69, 9.17) is 23.2 Å². The number of fused-ring (bicyclic) bond motifs is 1. The van der Waals surface area contributed by atoms with E-state index in [2.05, 4.69) is 16.0 Å². The zero-order chi connectivity index (χ0) is 28.4. The van der Waals surface area contributed by atoms with Crippen molar-refractivity contribution in [3.8, 4) is 0 Å². The van der Waals surface area contributed by atoms with Gasteiger partial charge in [-0.25, -0.2) is 0 Å². The first kappa shape index (κ1) is 28.9. The van der Waals surface area contributed by atoms with Crippen LogP contribution in [0.1, 0.15) is 44.1 Å². The lowest BCUT2D eigenvalue weighted by atomic mass is 9.94. The maximum absolute atomic E-state index is 13.1. The van der Waals surface area contributed by atoms with Gasteiger partial charge in [0.05, 0.1) is 32.7 Å². The summed E-state index contributed by atoms with van der Waals surface area (Å²) in [5, 5.41) is 22.4. The summed E-state index contributed by atoms with van der Waals surface area (Å²) >= 11 is 14.3. The number of likely N-dealkylation sites (tertiary alicyclic amines) is 1. The number of carbonyl (C=O) groups excluding carboxylic acids is 3. The van der Waals surface area contributed by atoms with Crippen molar-refractivity contribution in [1.29, 1.82) is 0 Å². The molecule has 3 amide bonds. The fourth-order valence-electron chi connectivity index (χ4n) is 5.68. The molecule has 214 valence electrons. The average Bonchev–Trinajstić information content (AvgIpc) is 3.35. The number of carboxylic acids is 1. The minimum atomic E-state index is -1.02. The number of rotatable bonds is 8. The van der Waals surface area contributed by atoms with Crippen LogP contribution in [-0.4, -0.2) is 71.5 Å². The lowest BCUT2D eigenvalue weighted by molar-refractivity contribution is -0.139. The normalized spacial score (nSPS) is 23.9. The van der Waals surface area contributed by atoms with Gasteiger partial charge < -0.3 is 26.0 Å². The number of carbonyl (C=O) groups is 4. The summed E-state index contributed by atoms with van der Waals surface area (Å²) < 4.78 is 0.905. The number of carboxylic acid groups (broad SMARTS) is 1. The maximum Gasteiger partial charge on any atom is 0.305 e. The lowest BCUT2D eigenvalue weighted by Gasteiger charge is -2.32. The van der Waals surface area contributed by atoms with Crippen molar-refractivity contribution >= 4 is 74.4 Å². The molecule has 1 aromatic carbocycles. The van der Waals surface area contributed by atoms with Crippen LogP contribution < -0.4 is 16.0 Å². The van der Waals surface area contributed by atoms with Crippen LogP contribution in [0.25, 0.3) is 16.2 Å². The van der Waals surface area contributed by atoms with Gasteiger partial charge in [0, 0.05) is 31.0 Å². The highest BCUT2D eigenvalue weighted by Crippen LogP contribution is 2.41. The van der Waals surface area contributed by atoms with Crippen molar-refractivity contribution in [3.63, 3.8) is 0 Å². The maximum atomic E-state index is 13.1. The quantitative estimate of drug-likeness (QED) is 0.339. The van der Waals surface area contributed by atoms with E-state index < -0.39 is 17.6 Å². The molecule has 1 aromatic heterocycles. The second kappa shape index (κ2) is 12.1. The number of benzene rings is 1. The molecule has 12 heteroatoms. The molecule has 2 unspecified atom stereocenters. The fraction of sp³-hybridized carbons (Fsp3) is 0.500. The highest BCUT2D eigenvalue weighted by Gasteiger charge is 2.58. The highest BCUT2D eigenvalue weighted by atomic mass is 35.5. The predicted molar refractivity (Wildman–Crippen MR) is 155 cm³/mol. The largest absolute Gasteiger partial charge is 0.481 e. The molecule has 2 saturated heterocycles. The molecule has 9 nitrogen and oxygen atoms in total. The molecule has 2 atom stereocenters. The molecule has 0 bridgehead atoms. The molecule has 5 rings (SSSR count). The van der Waals surface area contributed by atoms with Gasteiger partial charge in [0.15, 0.2) is 0 Å². The Morgan fingerprint density at radius 2 is 1.77 bits per heavy atom. The molecule has 4 N–H and O–H groups in total. The van der Waals surface area contributed by atoms with Crippen molar-refractivity contribution in [2.75, 3.05) is 26.2 Å². The molecule has 3 fully saturated rings. The topological polar surface area (TPSA) is 128 Å². The van der Waals surface area contributed by atoms with Crippen LogP contribution in [0.4, 0.5) is 0 Å². The van der Waals surface area contributed by atoms with E-state index >= 15 is 0 Å². The van der Waals surface area contributed by atoms with Gasteiger partial charge in [-0.15, -0.1) is 11.3 Å². The van der Waals surface area contributed by atoms with E-state index in [0.29, 0.717) is 48.0 Å². The van der Waals surface area contributed by atoms with Gasteiger partial charge in [-0.2, -0.15) is 0 Å². The smallest absolute Gasteiger partial charge is 0.305 e. The third-order valence-electron chi connectivity index (χ3n) is 8.18. The molecule has 0 radical (unpaired) electrons. The number of piperidine rings is 2. The molecule has 0 spiro atoms. The van der Waals surface area contributed by atoms with E-state index in [0.717, 1.165) is 36.0 Å². The zero-order valence-electron chi connectivity index (χ0n) is 21.9. The van der Waals surface area contributed by atoms with Crippen molar-refractivity contribution in [2.45, 2.75) is 50.1 Å². The van der Waals surface area contributed by atoms with Crippen LogP contribution in [0.2, 0.25) is 10.0 Å². The summed E-state index contributed by atoms with van der Waals surface area (Å²) in [5.41, 5.74) is -0.305. The number of hydrogen-bond acceptors (Lipinski definition) is 6. The number of thiophene rings is 1. The number of halogens is 2. The van der Waals surface area contributed by atoms with E-state index in [1.54, 1.807) is 11.0 Å². The number of aliphatic carboxylic acids is 1. The Morgan fingerprint density at radius 1 is 1.07 bits per heavy atom. The van der Waals surface area contributed by atoms with Crippen molar-refractivity contribution in [3.05, 3.63) is 39.2 Å². The first-order chi connectivity index (χ1) is 19.2. The third-order valence-corrected chi connectivity index (χ3v) is 10.1. The molecular weight excluding hydrogens is 575 g/mol. The number of amides is 3. The van der Waals surface area contributed by atoms with Crippen LogP contribution >= 0.6 is 34.5 Å². The molecule has 40 heavy (non-hydrogen) atoms. The molecule has 2 aliphatic heterocycles. The van der Waals surface area contributed by atoms with Gasteiger partial charge in [-0.1, -0.05) is 23.2 Å². The van der Waals surface area contributed by atoms with Gasteiger partial charge >= 0.3 is 5.97 Å². The van der Waals surface area contributed by atoms with Gasteiger partial charge in [0.2, 0.25) is 17.7 Å². The van der Waals surface area contributed by atoms with Crippen LogP contribution in [0, 0.1) is 11.8 Å². The van der Waals surface area contributed by atoms with Gasteiger partial charge in [0.25, 0.3) is 0 Å². The second-order valence-electron chi connectivity index (χ2n) is 10.9. The van der Waals surface area contributed by atoms with Crippen molar-refractivity contribution in [1.82, 2.24) is 20.9 Å². The minimum Gasteiger partial charge on any atom is -0.481 e. The number of nitrogens with one attached hydrogen (secondary N) is 3. The summed E-state index contributed by atoms with van der Waals surface area (Å²) in [7, 11) is 0. The predicted octanol–water partition coefficient (Wildman–Crippen LogP) is 3.68. The molecule has 3 aliphatic rings. The fourth-order valence-corrected chi connectivity index (χ4v) is 7.12. The summed E-state index contributed by atoms with van der Waals surface area (Å²) in [6, 6.07) is 3.45. The summed E-state index contributed by atoms with van der Waals surface area (Å²) in [6.45, 7) is 2.37. The second-order valence-corrected chi connectivity index (χ2v) is 12.5. The highest BCUT2D eigenvalue weighted by molar-refractivity contribution is 7.18. The van der Waals surface area contributed by atoms with Crippen LogP contribution in [0.5, 0.6) is 0 Å². The molecule has 1 saturated carbocycles. The molecule has 2 aromatic rings. The summed E-state index contributed by atoms with van der Waals surface area (Å²) in [4.78, 5) is 51.9. The summed E-state index contributed by atoms with van der Waals surface area (Å²) in [6.07, 6.45) is 5.70. The first-order valence-electron chi connectivity index (χ1n) is 13.5. The SMILES string of the molecule is O=C(O)CC1(NC(=O)C2CCN(C(=O)/C=C/c3cc4ccsc4c(Cl)c3Cl)CC2)CC1NC(=O)C1CCNCC1. The zero-order valence-corrected chi connectivity index (χ0v) is 24.2. The third kappa shape index (κ3) is 6.30. The standard InChI is InChI=1S/C28H32Cl2N4O5S/c29-23-18(13-19-7-12-40-25(19)24(23)30)1-2-21(35)34-10-5-17(6-11-34)27(39)33-28(15-22(36)37)14-20(28)32-26(38)16-3-8-31-9-4-16/h1-2,7,12-13,16-17,20,31H,3-6,8-11,14-15H2,(H,32,38)(H,33,39)(H,36,37)/b2-1+. The Kier molecular flexibility index (Phi) is 8.70. The van der Waals surface area contributed by atoms with E-state index in [9.17, 15) is 24.3 Å². The van der Waals surface area contributed by atoms with Crippen LogP contribution in [0.3, 0.4) is 0 Å². The number of nitrogens with zero attached hydrogens (tertiary/aromatic N) is 1. The Bertz CT molecular complexity index is 1350. The van der Waals surface area contributed by atoms with Gasteiger partial charge in [-0.05, 0) is 79.7 Å². The van der Waals surface area contributed by atoms with Gasteiger partial charge in [-0.3, -0.25) is 19.2 Å². The van der Waals surface area contributed by atoms with Crippen LogP contribution in [0.15, 0.2) is 23.6 Å². The summed E-state index contributed by atoms with van der Waals surface area (Å²) in [5.74, 6) is -1.94.